The first kappa shape index (κ1) is 21.5. The first-order valence-corrected chi connectivity index (χ1v) is 9.16. The van der Waals surface area contributed by atoms with E-state index in [0.29, 0.717) is 11.9 Å². The number of guanidine groups is 1. The molecule has 1 rings (SSSR count). The highest BCUT2D eigenvalue weighted by atomic mass is 16.5. The summed E-state index contributed by atoms with van der Waals surface area (Å²) in [6.07, 6.45) is 0.910. The molecule has 1 heterocycles. The summed E-state index contributed by atoms with van der Waals surface area (Å²) < 4.78 is 11.1. The van der Waals surface area contributed by atoms with Crippen molar-refractivity contribution in [2.24, 2.45) is 10.9 Å². The molecule has 0 radical (unpaired) electrons. The molecule has 0 aromatic carbocycles. The maximum Gasteiger partial charge on any atom is 0.191 e. The zero-order valence-corrected chi connectivity index (χ0v) is 16.6. The largest absolute Gasteiger partial charge is 0.466 e. The molecule has 0 spiro atoms. The molecule has 0 saturated heterocycles. The summed E-state index contributed by atoms with van der Waals surface area (Å²) in [5.41, 5.74) is -0.281. The van der Waals surface area contributed by atoms with Gasteiger partial charge in [-0.2, -0.15) is 0 Å². The predicted molar refractivity (Wildman–Crippen MR) is 102 cm³/mol. The van der Waals surface area contributed by atoms with Crippen LogP contribution in [-0.4, -0.2) is 43.9 Å². The minimum absolute atomic E-state index is 0.256. The van der Waals surface area contributed by atoms with Gasteiger partial charge in [-0.25, -0.2) is 4.99 Å². The highest BCUT2D eigenvalue weighted by Gasteiger charge is 2.27. The Hall–Kier alpha value is -1.53. The lowest BCUT2D eigenvalue weighted by molar-refractivity contribution is 0.0656. The molecule has 3 N–H and O–H groups in total. The first-order chi connectivity index (χ1) is 11.8. The van der Waals surface area contributed by atoms with Gasteiger partial charge in [-0.15, -0.1) is 0 Å². The lowest BCUT2D eigenvalue weighted by atomic mass is 9.96. The summed E-state index contributed by atoms with van der Waals surface area (Å²) >= 11 is 0. The van der Waals surface area contributed by atoms with Gasteiger partial charge in [0.25, 0.3) is 0 Å². The van der Waals surface area contributed by atoms with E-state index >= 15 is 0 Å². The monoisotopic (exact) mass is 353 g/mol. The second kappa shape index (κ2) is 10.5. The summed E-state index contributed by atoms with van der Waals surface area (Å²) in [5, 5.41) is 17.2. The van der Waals surface area contributed by atoms with Crippen LogP contribution in [-0.2, 0) is 10.3 Å². The van der Waals surface area contributed by atoms with Gasteiger partial charge < -0.3 is 24.9 Å². The van der Waals surface area contributed by atoms with Crippen molar-refractivity contribution >= 4 is 5.96 Å². The smallest absolute Gasteiger partial charge is 0.191 e. The number of furan rings is 1. The average molecular weight is 354 g/mol. The Morgan fingerprint density at radius 2 is 2.08 bits per heavy atom. The SMILES string of the molecule is CCNC(=NCC(C)(O)c1cc(C)oc1C)NCCCOCC(C)C. The topological polar surface area (TPSA) is 79.0 Å². The van der Waals surface area contributed by atoms with E-state index in [2.05, 4.69) is 29.5 Å². The standard InChI is InChI=1S/C19H35N3O3/c1-7-20-18(21-9-8-10-24-12-14(2)3)22-13-19(6,23)17-11-15(4)25-16(17)5/h11,14,23H,7-10,12-13H2,1-6H3,(H2,20,21,22). The zero-order valence-electron chi connectivity index (χ0n) is 16.6. The fraction of sp³-hybridized carbons (Fsp3) is 0.737. The van der Waals surface area contributed by atoms with E-state index < -0.39 is 5.60 Å². The fourth-order valence-corrected chi connectivity index (χ4v) is 2.53. The molecule has 6 heteroatoms. The first-order valence-electron chi connectivity index (χ1n) is 9.16. The van der Waals surface area contributed by atoms with Crippen LogP contribution in [0.15, 0.2) is 15.5 Å². The molecule has 144 valence electrons. The molecule has 1 aromatic rings. The molecular weight excluding hydrogens is 318 g/mol. The second-order valence-electron chi connectivity index (χ2n) is 7.05. The van der Waals surface area contributed by atoms with E-state index in [0.717, 1.165) is 49.8 Å². The maximum absolute atomic E-state index is 10.7. The molecule has 0 amide bonds. The van der Waals surface area contributed by atoms with Crippen molar-refractivity contribution in [3.63, 3.8) is 0 Å². The van der Waals surface area contributed by atoms with E-state index in [1.807, 2.05) is 26.8 Å². The van der Waals surface area contributed by atoms with Crippen molar-refractivity contribution < 1.29 is 14.3 Å². The van der Waals surface area contributed by atoms with E-state index in [1.165, 1.54) is 0 Å². The van der Waals surface area contributed by atoms with Gasteiger partial charge in [0.15, 0.2) is 5.96 Å². The number of aliphatic hydroxyl groups is 1. The third kappa shape index (κ3) is 7.92. The molecule has 0 fully saturated rings. The Balaban J connectivity index is 2.52. The molecule has 1 aromatic heterocycles. The van der Waals surface area contributed by atoms with Crippen LogP contribution in [0.3, 0.4) is 0 Å². The van der Waals surface area contributed by atoms with Crippen molar-refractivity contribution in [1.82, 2.24) is 10.6 Å². The van der Waals surface area contributed by atoms with E-state index in [1.54, 1.807) is 6.92 Å². The minimum atomic E-state index is -1.06. The van der Waals surface area contributed by atoms with Gasteiger partial charge in [-0.05, 0) is 46.1 Å². The van der Waals surface area contributed by atoms with Crippen LogP contribution in [0.4, 0.5) is 0 Å². The Morgan fingerprint density at radius 3 is 2.64 bits per heavy atom. The van der Waals surface area contributed by atoms with Crippen molar-refractivity contribution in [1.29, 1.82) is 0 Å². The maximum atomic E-state index is 10.7. The normalized spacial score (nSPS) is 14.6. The number of ether oxygens (including phenoxy) is 1. The van der Waals surface area contributed by atoms with Crippen LogP contribution in [0.1, 0.15) is 51.2 Å². The average Bonchev–Trinajstić information content (AvgIpc) is 2.87. The number of aliphatic imine (C=N–C) groups is 1. The number of rotatable bonds is 10. The number of hydrogen-bond donors (Lipinski definition) is 3. The Bertz CT molecular complexity index is 536. The van der Waals surface area contributed by atoms with Crippen molar-refractivity contribution in [2.45, 2.75) is 53.6 Å². The number of nitrogens with zero attached hydrogens (tertiary/aromatic N) is 1. The molecule has 1 atom stereocenters. The Morgan fingerprint density at radius 1 is 1.36 bits per heavy atom. The molecule has 0 aliphatic heterocycles. The number of nitrogens with one attached hydrogen (secondary N) is 2. The molecule has 0 saturated carbocycles. The summed E-state index contributed by atoms with van der Waals surface area (Å²) in [7, 11) is 0. The lowest BCUT2D eigenvalue weighted by Crippen LogP contribution is -2.39. The number of hydrogen-bond acceptors (Lipinski definition) is 4. The van der Waals surface area contributed by atoms with E-state index in [-0.39, 0.29) is 6.54 Å². The van der Waals surface area contributed by atoms with Crippen LogP contribution < -0.4 is 10.6 Å². The van der Waals surface area contributed by atoms with Crippen LogP contribution in [0.25, 0.3) is 0 Å². The molecule has 25 heavy (non-hydrogen) atoms. The fourth-order valence-electron chi connectivity index (χ4n) is 2.53. The van der Waals surface area contributed by atoms with Gasteiger partial charge in [0.2, 0.25) is 0 Å². The Kier molecular flexibility index (Phi) is 9.00. The summed E-state index contributed by atoms with van der Waals surface area (Å²) in [6, 6.07) is 1.87. The second-order valence-corrected chi connectivity index (χ2v) is 7.05. The molecular formula is C19H35N3O3. The van der Waals surface area contributed by atoms with Crippen LogP contribution in [0.2, 0.25) is 0 Å². The predicted octanol–water partition coefficient (Wildman–Crippen LogP) is 2.72. The highest BCUT2D eigenvalue weighted by Crippen LogP contribution is 2.27. The molecule has 1 unspecified atom stereocenters. The van der Waals surface area contributed by atoms with E-state index in [4.69, 9.17) is 9.15 Å². The third-order valence-electron chi connectivity index (χ3n) is 3.72. The lowest BCUT2D eigenvalue weighted by Gasteiger charge is -2.21. The molecule has 0 bridgehead atoms. The van der Waals surface area contributed by atoms with Crippen molar-refractivity contribution in [2.75, 3.05) is 32.8 Å². The van der Waals surface area contributed by atoms with Crippen LogP contribution in [0.5, 0.6) is 0 Å². The van der Waals surface area contributed by atoms with Gasteiger partial charge >= 0.3 is 0 Å². The van der Waals surface area contributed by atoms with Gasteiger partial charge in [0.1, 0.15) is 17.1 Å². The minimum Gasteiger partial charge on any atom is -0.466 e. The molecule has 0 aliphatic rings. The number of aryl methyl sites for hydroxylation is 2. The summed E-state index contributed by atoms with van der Waals surface area (Å²) in [6.45, 7) is 15.1. The van der Waals surface area contributed by atoms with E-state index in [9.17, 15) is 5.11 Å². The van der Waals surface area contributed by atoms with Crippen molar-refractivity contribution in [3.8, 4) is 0 Å². The van der Waals surface area contributed by atoms with Gasteiger partial charge in [-0.3, -0.25) is 0 Å². The molecule has 6 nitrogen and oxygen atoms in total. The zero-order chi connectivity index (χ0) is 18.9. The molecule has 0 aliphatic carbocycles. The van der Waals surface area contributed by atoms with Crippen molar-refractivity contribution in [3.05, 3.63) is 23.2 Å². The Labute approximate surface area is 152 Å². The van der Waals surface area contributed by atoms with Crippen LogP contribution >= 0.6 is 0 Å². The quantitative estimate of drug-likeness (QED) is 0.342. The summed E-state index contributed by atoms with van der Waals surface area (Å²) in [5.74, 6) is 2.79. The highest BCUT2D eigenvalue weighted by molar-refractivity contribution is 5.79. The summed E-state index contributed by atoms with van der Waals surface area (Å²) in [4.78, 5) is 4.52. The van der Waals surface area contributed by atoms with Gasteiger partial charge in [-0.1, -0.05) is 13.8 Å². The van der Waals surface area contributed by atoms with Crippen LogP contribution in [0, 0.1) is 19.8 Å². The third-order valence-corrected chi connectivity index (χ3v) is 3.72. The van der Waals surface area contributed by atoms with Gasteiger partial charge in [0.05, 0.1) is 6.54 Å². The van der Waals surface area contributed by atoms with Gasteiger partial charge in [0, 0.05) is 31.9 Å².